The van der Waals surface area contributed by atoms with E-state index in [0.29, 0.717) is 12.2 Å². The molecule has 1 heterocycles. The first-order valence-corrected chi connectivity index (χ1v) is 11.0. The number of benzene rings is 2. The molecular weight excluding hydrogens is 451 g/mol. The molecule has 2 N–H and O–H groups in total. The van der Waals surface area contributed by atoms with Crippen molar-refractivity contribution in [1.82, 2.24) is 4.31 Å². The summed E-state index contributed by atoms with van der Waals surface area (Å²) in [7, 11) is -3.69. The van der Waals surface area contributed by atoms with Crippen LogP contribution < -0.4 is 10.5 Å². The summed E-state index contributed by atoms with van der Waals surface area (Å²) in [4.78, 5) is 11.7. The van der Waals surface area contributed by atoms with Crippen LogP contribution in [0, 0.1) is 11.7 Å². The molecule has 2 aromatic carbocycles. The molecule has 9 heteroatoms. The van der Waals surface area contributed by atoms with Crippen LogP contribution in [0.1, 0.15) is 12.8 Å². The van der Waals surface area contributed by atoms with E-state index in [1.807, 2.05) is 0 Å². The standard InChI is InChI=1S/C19H20BrFN2O4S/c20-14-1-7-17(8-2-14)28(25,26)23-10-9-18(13(12-23)11-19(22)24)27-16-5-3-15(21)4-6-16/h1-8,13,18H,9-12H2,(H2,22,24)/t13-,18-/m0/s1. The average molecular weight is 471 g/mol. The Kier molecular flexibility index (Phi) is 6.36. The van der Waals surface area contributed by atoms with Crippen LogP contribution in [0.25, 0.3) is 0 Å². The minimum absolute atomic E-state index is 0.00177. The Labute approximate surface area is 171 Å². The van der Waals surface area contributed by atoms with Crippen LogP contribution in [0.2, 0.25) is 0 Å². The smallest absolute Gasteiger partial charge is 0.243 e. The number of carbonyl (C=O) groups is 1. The highest BCUT2D eigenvalue weighted by molar-refractivity contribution is 9.10. The Balaban J connectivity index is 1.78. The van der Waals surface area contributed by atoms with E-state index >= 15 is 0 Å². The fourth-order valence-electron chi connectivity index (χ4n) is 3.25. The molecule has 1 aliphatic rings. The monoisotopic (exact) mass is 470 g/mol. The maximum atomic E-state index is 13.1. The van der Waals surface area contributed by atoms with Gasteiger partial charge in [0.25, 0.3) is 0 Å². The highest BCUT2D eigenvalue weighted by Gasteiger charge is 2.37. The topological polar surface area (TPSA) is 89.7 Å². The highest BCUT2D eigenvalue weighted by Crippen LogP contribution is 2.29. The first-order chi connectivity index (χ1) is 13.3. The molecule has 6 nitrogen and oxygen atoms in total. The normalized spacial score (nSPS) is 20.6. The summed E-state index contributed by atoms with van der Waals surface area (Å²) in [6, 6.07) is 12.0. The maximum Gasteiger partial charge on any atom is 0.243 e. The number of nitrogens with zero attached hydrogens (tertiary/aromatic N) is 1. The molecule has 0 spiro atoms. The Hall–Kier alpha value is -1.97. The lowest BCUT2D eigenvalue weighted by molar-refractivity contribution is -0.120. The molecule has 2 aromatic rings. The van der Waals surface area contributed by atoms with Crippen molar-refractivity contribution in [2.75, 3.05) is 13.1 Å². The molecule has 28 heavy (non-hydrogen) atoms. The van der Waals surface area contributed by atoms with Gasteiger partial charge in [0, 0.05) is 29.9 Å². The van der Waals surface area contributed by atoms with Gasteiger partial charge in [-0.2, -0.15) is 4.31 Å². The van der Waals surface area contributed by atoms with Gasteiger partial charge >= 0.3 is 0 Å². The van der Waals surface area contributed by atoms with Crippen molar-refractivity contribution in [3.63, 3.8) is 0 Å². The van der Waals surface area contributed by atoms with E-state index in [2.05, 4.69) is 15.9 Å². The SMILES string of the molecule is NC(=O)C[C@H]1CN(S(=O)(=O)c2ccc(Br)cc2)CC[C@@H]1Oc1ccc(F)cc1. The van der Waals surface area contributed by atoms with Crippen LogP contribution in [0.4, 0.5) is 4.39 Å². The van der Waals surface area contributed by atoms with E-state index < -0.39 is 28.0 Å². The zero-order valence-electron chi connectivity index (χ0n) is 14.9. The number of halogens is 2. The van der Waals surface area contributed by atoms with Crippen molar-refractivity contribution in [2.24, 2.45) is 11.7 Å². The third-order valence-corrected chi connectivity index (χ3v) is 7.05. The van der Waals surface area contributed by atoms with Crippen molar-refractivity contribution in [2.45, 2.75) is 23.8 Å². The first-order valence-electron chi connectivity index (χ1n) is 8.72. The third kappa shape index (κ3) is 4.89. The van der Waals surface area contributed by atoms with Crippen LogP contribution in [0.15, 0.2) is 57.9 Å². The fraction of sp³-hybridized carbons (Fsp3) is 0.316. The molecular formula is C19H20BrFN2O4S. The van der Waals surface area contributed by atoms with E-state index in [0.717, 1.165) is 4.47 Å². The number of nitrogens with two attached hydrogens (primary N) is 1. The van der Waals surface area contributed by atoms with Crippen LogP contribution in [-0.2, 0) is 14.8 Å². The number of primary amides is 1. The van der Waals surface area contributed by atoms with Crippen molar-refractivity contribution in [3.8, 4) is 5.75 Å². The zero-order valence-corrected chi connectivity index (χ0v) is 17.3. The minimum atomic E-state index is -3.69. The van der Waals surface area contributed by atoms with Gasteiger partial charge in [-0.3, -0.25) is 4.79 Å². The predicted molar refractivity (Wildman–Crippen MR) is 106 cm³/mol. The third-order valence-electron chi connectivity index (χ3n) is 4.64. The van der Waals surface area contributed by atoms with E-state index in [9.17, 15) is 17.6 Å². The Morgan fingerprint density at radius 1 is 1.18 bits per heavy atom. The summed E-state index contributed by atoms with van der Waals surface area (Å²) in [6.45, 7) is 0.368. The molecule has 0 aromatic heterocycles. The van der Waals surface area contributed by atoms with Gasteiger partial charge < -0.3 is 10.5 Å². The molecule has 150 valence electrons. The van der Waals surface area contributed by atoms with Crippen molar-refractivity contribution in [1.29, 1.82) is 0 Å². The second kappa shape index (κ2) is 8.59. The number of piperidine rings is 1. The van der Waals surface area contributed by atoms with Crippen molar-refractivity contribution < 1.29 is 22.3 Å². The molecule has 0 radical (unpaired) electrons. The van der Waals surface area contributed by atoms with Gasteiger partial charge in [-0.05, 0) is 55.0 Å². The van der Waals surface area contributed by atoms with Gasteiger partial charge in [-0.25, -0.2) is 12.8 Å². The number of amides is 1. The number of carbonyl (C=O) groups excluding carboxylic acids is 1. The Morgan fingerprint density at radius 2 is 1.82 bits per heavy atom. The lowest BCUT2D eigenvalue weighted by atomic mass is 9.92. The van der Waals surface area contributed by atoms with Gasteiger partial charge in [-0.15, -0.1) is 0 Å². The Morgan fingerprint density at radius 3 is 2.43 bits per heavy atom. The molecule has 0 bridgehead atoms. The van der Waals surface area contributed by atoms with Crippen LogP contribution >= 0.6 is 15.9 Å². The summed E-state index contributed by atoms with van der Waals surface area (Å²) in [5, 5.41) is 0. The molecule has 1 amide bonds. The summed E-state index contributed by atoms with van der Waals surface area (Å²) in [5.41, 5.74) is 5.36. The molecule has 0 aliphatic carbocycles. The number of hydrogen-bond donors (Lipinski definition) is 1. The van der Waals surface area contributed by atoms with Gasteiger partial charge in [0.2, 0.25) is 15.9 Å². The van der Waals surface area contributed by atoms with Gasteiger partial charge in [0.15, 0.2) is 0 Å². The zero-order chi connectivity index (χ0) is 20.3. The van der Waals surface area contributed by atoms with Crippen LogP contribution in [0.5, 0.6) is 5.75 Å². The number of ether oxygens (including phenoxy) is 1. The maximum absolute atomic E-state index is 13.1. The fourth-order valence-corrected chi connectivity index (χ4v) is 5.02. The minimum Gasteiger partial charge on any atom is -0.490 e. The van der Waals surface area contributed by atoms with E-state index in [1.165, 1.54) is 40.7 Å². The molecule has 1 aliphatic heterocycles. The van der Waals surface area contributed by atoms with Crippen LogP contribution in [0.3, 0.4) is 0 Å². The van der Waals surface area contributed by atoms with Gasteiger partial charge in [0.05, 0.1) is 4.90 Å². The highest BCUT2D eigenvalue weighted by atomic mass is 79.9. The molecule has 1 fully saturated rings. The lowest BCUT2D eigenvalue weighted by Crippen LogP contribution is -2.48. The second-order valence-corrected chi connectivity index (χ2v) is 9.50. The van der Waals surface area contributed by atoms with E-state index in [-0.39, 0.29) is 30.2 Å². The van der Waals surface area contributed by atoms with E-state index in [1.54, 1.807) is 12.1 Å². The quantitative estimate of drug-likeness (QED) is 0.702. The Bertz CT molecular complexity index is 935. The summed E-state index contributed by atoms with van der Waals surface area (Å²) in [6.07, 6.45) is -0.00198. The van der Waals surface area contributed by atoms with Crippen molar-refractivity contribution in [3.05, 3.63) is 58.8 Å². The molecule has 1 saturated heterocycles. The van der Waals surface area contributed by atoms with Gasteiger partial charge in [0.1, 0.15) is 17.7 Å². The number of rotatable bonds is 6. The van der Waals surface area contributed by atoms with Crippen LogP contribution in [-0.4, -0.2) is 37.8 Å². The second-order valence-electron chi connectivity index (χ2n) is 6.65. The summed E-state index contributed by atoms with van der Waals surface area (Å²) >= 11 is 3.29. The van der Waals surface area contributed by atoms with Gasteiger partial charge in [-0.1, -0.05) is 15.9 Å². The molecule has 0 unspecified atom stereocenters. The number of hydrogen-bond acceptors (Lipinski definition) is 4. The predicted octanol–water partition coefficient (Wildman–Crippen LogP) is 2.92. The summed E-state index contributed by atoms with van der Waals surface area (Å²) < 4.78 is 47.0. The first kappa shape index (κ1) is 20.8. The largest absolute Gasteiger partial charge is 0.490 e. The lowest BCUT2D eigenvalue weighted by Gasteiger charge is -2.37. The molecule has 0 saturated carbocycles. The van der Waals surface area contributed by atoms with Crippen molar-refractivity contribution >= 4 is 31.9 Å². The average Bonchev–Trinajstić information content (AvgIpc) is 2.65. The molecule has 2 atom stereocenters. The summed E-state index contributed by atoms with van der Waals surface area (Å²) in [5.74, 6) is -0.844. The van der Waals surface area contributed by atoms with E-state index in [4.69, 9.17) is 10.5 Å². The number of sulfonamides is 1. The molecule has 3 rings (SSSR count).